The molecule has 0 unspecified atom stereocenters. The molecular weight excluding hydrogens is 553 g/mol. The van der Waals surface area contributed by atoms with E-state index in [1.807, 2.05) is 41.5 Å². The number of rotatable bonds is 34. The Morgan fingerprint density at radius 1 is 0.293 bits per heavy atom. The van der Waals surface area contributed by atoms with E-state index in [1.54, 1.807) is 0 Å². The molecule has 0 aliphatic heterocycles. The zero-order valence-electron chi connectivity index (χ0n) is 28.2. The van der Waals surface area contributed by atoms with Crippen LogP contribution >= 0.6 is 0 Å². The highest BCUT2D eigenvalue weighted by Gasteiger charge is 2.40. The first-order valence-electron chi connectivity index (χ1n) is 17.5. The fourth-order valence-electron chi connectivity index (χ4n) is 5.32. The minimum atomic E-state index is -2.44. The lowest BCUT2D eigenvalue weighted by Gasteiger charge is -2.28. The van der Waals surface area contributed by atoms with Gasteiger partial charge in [-0.1, -0.05) is 77.0 Å². The van der Waals surface area contributed by atoms with Crippen LogP contribution in [0.3, 0.4) is 0 Å². The van der Waals surface area contributed by atoms with Gasteiger partial charge in [0.05, 0.1) is 0 Å². The standard InChI is InChI=1S/C32H70O7Si2/c1-7-34-40(35-8-2,36-9-3)31-27-23-19-15-13-17-21-25-29-33-30-26-22-18-14-16-20-24-28-32-41(37-10-4,38-11-5)39-12-6/h7-32H2,1-6H3. The number of hydrogen-bond acceptors (Lipinski definition) is 7. The lowest BCUT2D eigenvalue weighted by atomic mass is 10.1. The molecule has 0 saturated heterocycles. The quantitative estimate of drug-likeness (QED) is 0.0523. The van der Waals surface area contributed by atoms with E-state index in [0.29, 0.717) is 39.6 Å². The van der Waals surface area contributed by atoms with E-state index >= 15 is 0 Å². The summed E-state index contributed by atoms with van der Waals surface area (Å²) >= 11 is 0. The van der Waals surface area contributed by atoms with Crippen molar-refractivity contribution in [3.63, 3.8) is 0 Å². The average molecular weight is 623 g/mol. The second kappa shape index (κ2) is 30.2. The Morgan fingerprint density at radius 3 is 0.756 bits per heavy atom. The highest BCUT2D eigenvalue weighted by molar-refractivity contribution is 6.61. The van der Waals surface area contributed by atoms with Crippen LogP contribution in [0.15, 0.2) is 0 Å². The molecule has 7 nitrogen and oxygen atoms in total. The normalized spacial score (nSPS) is 12.4. The van der Waals surface area contributed by atoms with E-state index in [4.69, 9.17) is 31.3 Å². The minimum absolute atomic E-state index is 0.667. The Morgan fingerprint density at radius 2 is 0.512 bits per heavy atom. The van der Waals surface area contributed by atoms with Crippen LogP contribution in [0.1, 0.15) is 144 Å². The molecule has 0 radical (unpaired) electrons. The first-order chi connectivity index (χ1) is 20.1. The van der Waals surface area contributed by atoms with Crippen molar-refractivity contribution in [1.82, 2.24) is 0 Å². The van der Waals surface area contributed by atoms with E-state index < -0.39 is 17.6 Å². The topological polar surface area (TPSA) is 64.6 Å². The van der Waals surface area contributed by atoms with E-state index in [-0.39, 0.29) is 0 Å². The molecule has 0 aliphatic carbocycles. The van der Waals surface area contributed by atoms with Crippen molar-refractivity contribution in [3.05, 3.63) is 0 Å². The van der Waals surface area contributed by atoms with Crippen LogP contribution in [-0.4, -0.2) is 70.5 Å². The van der Waals surface area contributed by atoms with Crippen molar-refractivity contribution in [2.75, 3.05) is 52.9 Å². The van der Waals surface area contributed by atoms with Gasteiger partial charge in [0.15, 0.2) is 0 Å². The second-order valence-electron chi connectivity index (χ2n) is 10.7. The first kappa shape index (κ1) is 41.2. The van der Waals surface area contributed by atoms with Crippen LogP contribution in [0.25, 0.3) is 0 Å². The zero-order valence-corrected chi connectivity index (χ0v) is 30.2. The summed E-state index contributed by atoms with van der Waals surface area (Å²) in [5.74, 6) is 0. The summed E-state index contributed by atoms with van der Waals surface area (Å²) in [5, 5.41) is 0. The Balaban J connectivity index is 3.52. The van der Waals surface area contributed by atoms with Gasteiger partial charge in [0.25, 0.3) is 0 Å². The number of hydrogen-bond donors (Lipinski definition) is 0. The summed E-state index contributed by atoms with van der Waals surface area (Å²) in [6, 6.07) is 1.89. The lowest BCUT2D eigenvalue weighted by molar-refractivity contribution is 0.0698. The molecule has 0 aromatic carbocycles. The van der Waals surface area contributed by atoms with E-state index in [1.165, 1.54) is 89.9 Å². The molecule has 0 atom stereocenters. The van der Waals surface area contributed by atoms with Crippen molar-refractivity contribution in [3.8, 4) is 0 Å². The third kappa shape index (κ3) is 23.2. The number of unbranched alkanes of at least 4 members (excludes halogenated alkanes) is 14. The fourth-order valence-corrected chi connectivity index (χ4v) is 10.7. The van der Waals surface area contributed by atoms with Gasteiger partial charge < -0.3 is 31.3 Å². The lowest BCUT2D eigenvalue weighted by Crippen LogP contribution is -2.45. The van der Waals surface area contributed by atoms with Gasteiger partial charge >= 0.3 is 17.6 Å². The molecule has 0 heterocycles. The molecule has 0 spiro atoms. The third-order valence-corrected chi connectivity index (χ3v) is 13.5. The maximum Gasteiger partial charge on any atom is 0.500 e. The molecule has 0 saturated carbocycles. The molecule has 0 aromatic heterocycles. The van der Waals surface area contributed by atoms with Crippen LogP contribution in [0.5, 0.6) is 0 Å². The smallest absolute Gasteiger partial charge is 0.381 e. The maximum atomic E-state index is 5.95. The second-order valence-corrected chi connectivity index (χ2v) is 16.2. The predicted octanol–water partition coefficient (Wildman–Crippen LogP) is 9.34. The Hall–Kier alpha value is 0.154. The van der Waals surface area contributed by atoms with E-state index in [2.05, 4.69) is 0 Å². The van der Waals surface area contributed by atoms with Gasteiger partial charge in [-0.3, -0.25) is 0 Å². The van der Waals surface area contributed by atoms with Crippen LogP contribution in [0.4, 0.5) is 0 Å². The predicted molar refractivity (Wildman–Crippen MR) is 176 cm³/mol. The Bertz CT molecular complexity index is 450. The highest BCUT2D eigenvalue weighted by Crippen LogP contribution is 2.22. The fraction of sp³-hybridized carbons (Fsp3) is 1.00. The molecule has 0 amide bonds. The molecule has 0 aromatic rings. The third-order valence-electron chi connectivity index (χ3n) is 7.23. The molecule has 0 aliphatic rings. The van der Waals surface area contributed by atoms with Crippen LogP contribution in [0.2, 0.25) is 12.1 Å². The molecule has 0 bridgehead atoms. The summed E-state index contributed by atoms with van der Waals surface area (Å²) in [7, 11) is -4.89. The van der Waals surface area contributed by atoms with Crippen molar-refractivity contribution in [2.45, 2.75) is 156 Å². The molecule has 0 fully saturated rings. The van der Waals surface area contributed by atoms with Crippen molar-refractivity contribution in [1.29, 1.82) is 0 Å². The number of ether oxygens (including phenoxy) is 1. The molecular formula is C32H70O7Si2. The summed E-state index contributed by atoms with van der Waals surface area (Å²) in [4.78, 5) is 0. The zero-order chi connectivity index (χ0) is 30.3. The van der Waals surface area contributed by atoms with Gasteiger partial charge in [-0.25, -0.2) is 0 Å². The highest BCUT2D eigenvalue weighted by atomic mass is 28.4. The summed E-state index contributed by atoms with van der Waals surface area (Å²) in [6.07, 6.45) is 20.3. The van der Waals surface area contributed by atoms with E-state index in [0.717, 1.165) is 38.1 Å². The van der Waals surface area contributed by atoms with Gasteiger partial charge in [0, 0.05) is 64.9 Å². The Labute approximate surface area is 257 Å². The average Bonchev–Trinajstić information content (AvgIpc) is 2.95. The van der Waals surface area contributed by atoms with Crippen molar-refractivity contribution in [2.24, 2.45) is 0 Å². The van der Waals surface area contributed by atoms with Gasteiger partial charge in [-0.15, -0.1) is 0 Å². The maximum absolute atomic E-state index is 5.95. The van der Waals surface area contributed by atoms with Gasteiger partial charge in [0.2, 0.25) is 0 Å². The molecule has 0 rings (SSSR count). The molecule has 41 heavy (non-hydrogen) atoms. The molecule has 9 heteroatoms. The monoisotopic (exact) mass is 622 g/mol. The van der Waals surface area contributed by atoms with Crippen molar-refractivity contribution < 1.29 is 31.3 Å². The van der Waals surface area contributed by atoms with Crippen molar-refractivity contribution >= 4 is 17.6 Å². The van der Waals surface area contributed by atoms with Gasteiger partial charge in [0.1, 0.15) is 0 Å². The first-order valence-corrected chi connectivity index (χ1v) is 21.3. The Kier molecular flexibility index (Phi) is 30.3. The van der Waals surface area contributed by atoms with E-state index in [9.17, 15) is 0 Å². The van der Waals surface area contributed by atoms with Crippen LogP contribution in [0, 0.1) is 0 Å². The molecule has 0 N–H and O–H groups in total. The van der Waals surface area contributed by atoms with Gasteiger partial charge in [-0.05, 0) is 67.2 Å². The van der Waals surface area contributed by atoms with Crippen LogP contribution in [-0.2, 0) is 31.3 Å². The molecule has 248 valence electrons. The summed E-state index contributed by atoms with van der Waals surface area (Å²) in [6.45, 7) is 18.0. The summed E-state index contributed by atoms with van der Waals surface area (Å²) in [5.41, 5.74) is 0. The summed E-state index contributed by atoms with van der Waals surface area (Å²) < 4.78 is 41.6. The van der Waals surface area contributed by atoms with Crippen LogP contribution < -0.4 is 0 Å². The van der Waals surface area contributed by atoms with Gasteiger partial charge in [-0.2, -0.15) is 0 Å². The largest absolute Gasteiger partial charge is 0.500 e. The SMILES string of the molecule is CCO[Si](CCCCCCCCCCOCCCCCCCCCC[Si](OCC)(OCC)OCC)(OCC)OCC. The minimum Gasteiger partial charge on any atom is -0.381 e.